The van der Waals surface area contributed by atoms with E-state index in [2.05, 4.69) is 5.32 Å². The molecule has 0 radical (unpaired) electrons. The summed E-state index contributed by atoms with van der Waals surface area (Å²) >= 11 is 0. The molecule has 0 amide bonds. The molecule has 0 aromatic rings. The molecular weight excluding hydrogens is 190 g/mol. The molecule has 3 N–H and O–H groups in total. The van der Waals surface area contributed by atoms with Gasteiger partial charge in [-0.25, -0.2) is 0 Å². The first-order valence-corrected chi connectivity index (χ1v) is 4.34. The van der Waals surface area contributed by atoms with Crippen molar-refractivity contribution in [2.45, 2.75) is 31.6 Å². The molecule has 0 spiro atoms. The Hall–Kier alpha value is -1.14. The lowest BCUT2D eigenvalue weighted by Gasteiger charge is -2.32. The minimum atomic E-state index is -0.980. The Bertz CT molecular complexity index is 242. The van der Waals surface area contributed by atoms with E-state index in [1.807, 2.05) is 0 Å². The molecule has 1 rings (SSSR count). The molecule has 1 heterocycles. The van der Waals surface area contributed by atoms with E-state index in [1.165, 1.54) is 0 Å². The van der Waals surface area contributed by atoms with Crippen molar-refractivity contribution in [1.82, 2.24) is 5.32 Å². The number of carboxylic acids is 2. The molecule has 1 aliphatic heterocycles. The van der Waals surface area contributed by atoms with E-state index in [1.54, 1.807) is 6.92 Å². The summed E-state index contributed by atoms with van der Waals surface area (Å²) in [4.78, 5) is 21.0. The molecular formula is C8H13NO5. The van der Waals surface area contributed by atoms with Crippen molar-refractivity contribution in [2.24, 2.45) is 0 Å². The van der Waals surface area contributed by atoms with Gasteiger partial charge in [0.25, 0.3) is 0 Å². The first-order valence-electron chi connectivity index (χ1n) is 4.34. The van der Waals surface area contributed by atoms with Crippen LogP contribution in [0.1, 0.15) is 13.3 Å². The van der Waals surface area contributed by atoms with Gasteiger partial charge in [-0.2, -0.15) is 0 Å². The summed E-state index contributed by atoms with van der Waals surface area (Å²) in [6.07, 6.45) is -1.06. The third-order valence-corrected chi connectivity index (χ3v) is 2.11. The van der Waals surface area contributed by atoms with E-state index in [4.69, 9.17) is 14.9 Å². The van der Waals surface area contributed by atoms with Crippen LogP contribution in [0.25, 0.3) is 0 Å². The average molecular weight is 203 g/mol. The minimum Gasteiger partial charge on any atom is -0.481 e. The number of ether oxygens (including phenoxy) is 1. The van der Waals surface area contributed by atoms with Gasteiger partial charge in [0.05, 0.1) is 18.6 Å². The van der Waals surface area contributed by atoms with Gasteiger partial charge in [0, 0.05) is 6.54 Å². The van der Waals surface area contributed by atoms with E-state index >= 15 is 0 Å². The van der Waals surface area contributed by atoms with E-state index in [9.17, 15) is 9.59 Å². The van der Waals surface area contributed by atoms with Gasteiger partial charge in [0.1, 0.15) is 6.04 Å². The van der Waals surface area contributed by atoms with Gasteiger partial charge in [-0.3, -0.25) is 14.9 Å². The van der Waals surface area contributed by atoms with Crippen LogP contribution in [-0.4, -0.2) is 46.9 Å². The summed E-state index contributed by atoms with van der Waals surface area (Å²) in [6.45, 7) is 1.87. The summed E-state index contributed by atoms with van der Waals surface area (Å²) in [5.41, 5.74) is 0. The van der Waals surface area contributed by atoms with E-state index in [0.29, 0.717) is 0 Å². The van der Waals surface area contributed by atoms with E-state index in [-0.39, 0.29) is 13.0 Å². The van der Waals surface area contributed by atoms with Crippen LogP contribution >= 0.6 is 0 Å². The number of carboxylic acid groups (broad SMARTS) is 2. The van der Waals surface area contributed by atoms with Crippen LogP contribution < -0.4 is 5.32 Å². The Morgan fingerprint density at radius 3 is 2.57 bits per heavy atom. The summed E-state index contributed by atoms with van der Waals surface area (Å²) in [7, 11) is 0. The maximum absolute atomic E-state index is 10.6. The van der Waals surface area contributed by atoms with Crippen LogP contribution in [0.2, 0.25) is 0 Å². The Morgan fingerprint density at radius 1 is 1.50 bits per heavy atom. The molecule has 3 atom stereocenters. The van der Waals surface area contributed by atoms with Crippen LogP contribution in [0.4, 0.5) is 0 Å². The number of rotatable bonds is 3. The second-order valence-corrected chi connectivity index (χ2v) is 3.29. The number of hydrogen-bond acceptors (Lipinski definition) is 4. The number of aliphatic carboxylic acids is 2. The molecule has 0 bridgehead atoms. The van der Waals surface area contributed by atoms with Crippen molar-refractivity contribution in [3.05, 3.63) is 0 Å². The lowest BCUT2D eigenvalue weighted by molar-refractivity contribution is -0.152. The van der Waals surface area contributed by atoms with Crippen LogP contribution in [-0.2, 0) is 14.3 Å². The van der Waals surface area contributed by atoms with Gasteiger partial charge in [0.15, 0.2) is 0 Å². The Balaban J connectivity index is 2.46. The molecule has 0 aromatic carbocycles. The van der Waals surface area contributed by atoms with Crippen molar-refractivity contribution in [3.8, 4) is 0 Å². The predicted molar refractivity (Wildman–Crippen MR) is 46.0 cm³/mol. The second-order valence-electron chi connectivity index (χ2n) is 3.29. The highest BCUT2D eigenvalue weighted by Crippen LogP contribution is 2.12. The standard InChI is InChI=1S/C8H13NO5/c1-4-7(8(12)13)9-3-5(14-4)2-6(10)11/h4-5,7,9H,2-3H2,1H3,(H,10,11)(H,12,13). The molecule has 6 heteroatoms. The Morgan fingerprint density at radius 2 is 2.14 bits per heavy atom. The number of nitrogens with one attached hydrogen (secondary N) is 1. The van der Waals surface area contributed by atoms with E-state index in [0.717, 1.165) is 0 Å². The fourth-order valence-corrected chi connectivity index (χ4v) is 1.46. The summed E-state index contributed by atoms with van der Waals surface area (Å²) < 4.78 is 5.25. The topological polar surface area (TPSA) is 95.9 Å². The fourth-order valence-electron chi connectivity index (χ4n) is 1.46. The maximum atomic E-state index is 10.6. The fraction of sp³-hybridized carbons (Fsp3) is 0.750. The SMILES string of the molecule is CC1OC(CC(=O)O)CNC1C(=O)O. The number of carbonyl (C=O) groups is 2. The normalized spacial score (nSPS) is 32.5. The monoisotopic (exact) mass is 203 g/mol. The molecule has 6 nitrogen and oxygen atoms in total. The average Bonchev–Trinajstić information content (AvgIpc) is 2.01. The van der Waals surface area contributed by atoms with Gasteiger partial charge >= 0.3 is 11.9 Å². The molecule has 3 unspecified atom stereocenters. The number of hydrogen-bond donors (Lipinski definition) is 3. The van der Waals surface area contributed by atoms with Gasteiger partial charge in [-0.1, -0.05) is 0 Å². The predicted octanol–water partition coefficient (Wildman–Crippen LogP) is -0.709. The highest BCUT2D eigenvalue weighted by atomic mass is 16.5. The molecule has 0 aliphatic carbocycles. The van der Waals surface area contributed by atoms with Crippen LogP contribution in [0.5, 0.6) is 0 Å². The smallest absolute Gasteiger partial charge is 0.323 e. The van der Waals surface area contributed by atoms with Crippen molar-refractivity contribution >= 4 is 11.9 Å². The quantitative estimate of drug-likeness (QED) is 0.561. The molecule has 80 valence electrons. The van der Waals surface area contributed by atoms with Crippen LogP contribution in [0, 0.1) is 0 Å². The van der Waals surface area contributed by atoms with Crippen molar-refractivity contribution in [3.63, 3.8) is 0 Å². The first kappa shape index (κ1) is 10.9. The highest BCUT2D eigenvalue weighted by Gasteiger charge is 2.33. The first-order chi connectivity index (χ1) is 6.50. The summed E-state index contributed by atoms with van der Waals surface area (Å²) in [5, 5.41) is 20.0. The second kappa shape index (κ2) is 4.39. The molecule has 14 heavy (non-hydrogen) atoms. The number of morpholine rings is 1. The molecule has 0 aromatic heterocycles. The Kier molecular flexibility index (Phi) is 3.43. The lowest BCUT2D eigenvalue weighted by Crippen LogP contribution is -2.55. The van der Waals surface area contributed by atoms with Crippen molar-refractivity contribution in [2.75, 3.05) is 6.54 Å². The Labute approximate surface area is 80.9 Å². The zero-order valence-electron chi connectivity index (χ0n) is 7.77. The zero-order valence-corrected chi connectivity index (χ0v) is 7.77. The largest absolute Gasteiger partial charge is 0.481 e. The van der Waals surface area contributed by atoms with Gasteiger partial charge in [-0.15, -0.1) is 0 Å². The van der Waals surface area contributed by atoms with Crippen molar-refractivity contribution < 1.29 is 24.5 Å². The molecule has 0 saturated carbocycles. The van der Waals surface area contributed by atoms with Gasteiger partial charge in [0.2, 0.25) is 0 Å². The lowest BCUT2D eigenvalue weighted by atomic mass is 10.1. The molecule has 1 saturated heterocycles. The van der Waals surface area contributed by atoms with Gasteiger partial charge in [-0.05, 0) is 6.92 Å². The third-order valence-electron chi connectivity index (χ3n) is 2.11. The van der Waals surface area contributed by atoms with Crippen LogP contribution in [0.15, 0.2) is 0 Å². The third kappa shape index (κ3) is 2.68. The molecule has 1 fully saturated rings. The summed E-state index contributed by atoms with van der Waals surface area (Å²) in [6, 6.07) is -0.750. The van der Waals surface area contributed by atoms with Crippen molar-refractivity contribution in [1.29, 1.82) is 0 Å². The summed E-state index contributed by atoms with van der Waals surface area (Å²) in [5.74, 6) is -1.93. The maximum Gasteiger partial charge on any atom is 0.323 e. The molecule has 1 aliphatic rings. The zero-order chi connectivity index (χ0) is 10.7. The minimum absolute atomic E-state index is 0.107. The van der Waals surface area contributed by atoms with Gasteiger partial charge < -0.3 is 14.9 Å². The highest BCUT2D eigenvalue weighted by molar-refractivity contribution is 5.74. The van der Waals surface area contributed by atoms with Crippen LogP contribution in [0.3, 0.4) is 0 Å². The van der Waals surface area contributed by atoms with E-state index < -0.39 is 30.2 Å².